The van der Waals surface area contributed by atoms with Gasteiger partial charge >= 0.3 is 0 Å². The fourth-order valence-electron chi connectivity index (χ4n) is 3.36. The lowest BCUT2D eigenvalue weighted by Gasteiger charge is -2.36. The molecular formula is C15H25N3O2. The minimum absolute atomic E-state index is 0.0983. The van der Waals surface area contributed by atoms with Crippen LogP contribution in [-0.4, -0.2) is 72.8 Å². The predicted octanol–water partition coefficient (Wildman–Crippen LogP) is 0.553. The van der Waals surface area contributed by atoms with E-state index >= 15 is 0 Å². The van der Waals surface area contributed by atoms with Crippen molar-refractivity contribution in [3.8, 4) is 0 Å². The van der Waals surface area contributed by atoms with Gasteiger partial charge < -0.3 is 14.7 Å². The van der Waals surface area contributed by atoms with E-state index in [0.717, 1.165) is 65.0 Å². The van der Waals surface area contributed by atoms with E-state index in [4.69, 9.17) is 0 Å². The van der Waals surface area contributed by atoms with Gasteiger partial charge in [-0.25, -0.2) is 0 Å². The Bertz CT molecular complexity index is 392. The van der Waals surface area contributed by atoms with Gasteiger partial charge in [-0.2, -0.15) is 0 Å². The maximum atomic E-state index is 12.7. The molecule has 1 aliphatic carbocycles. The van der Waals surface area contributed by atoms with E-state index in [-0.39, 0.29) is 11.8 Å². The molecule has 0 aromatic rings. The summed E-state index contributed by atoms with van der Waals surface area (Å²) in [4.78, 5) is 31.5. The molecule has 3 fully saturated rings. The fraction of sp³-hybridized carbons (Fsp3) is 0.867. The number of nitrogens with zero attached hydrogens (tertiary/aromatic N) is 3. The molecule has 0 bridgehead atoms. The van der Waals surface area contributed by atoms with Crippen molar-refractivity contribution in [1.82, 2.24) is 14.7 Å². The normalized spacial score (nSPS) is 26.4. The highest BCUT2D eigenvalue weighted by Gasteiger charge is 2.59. The van der Waals surface area contributed by atoms with E-state index in [1.807, 2.05) is 9.80 Å². The second-order valence-corrected chi connectivity index (χ2v) is 6.53. The van der Waals surface area contributed by atoms with Crippen LogP contribution in [0.15, 0.2) is 0 Å². The van der Waals surface area contributed by atoms with Crippen LogP contribution in [0.3, 0.4) is 0 Å². The van der Waals surface area contributed by atoms with Crippen LogP contribution in [0.25, 0.3) is 0 Å². The van der Waals surface area contributed by atoms with E-state index in [1.54, 1.807) is 0 Å². The average Bonchev–Trinajstić information content (AvgIpc) is 3.29. The van der Waals surface area contributed by atoms with Crippen LogP contribution in [-0.2, 0) is 9.59 Å². The van der Waals surface area contributed by atoms with Crippen LogP contribution in [0.5, 0.6) is 0 Å². The molecule has 2 amide bonds. The van der Waals surface area contributed by atoms with Gasteiger partial charge in [-0.15, -0.1) is 0 Å². The Kier molecular flexibility index (Phi) is 3.71. The molecular weight excluding hydrogens is 254 g/mol. The van der Waals surface area contributed by atoms with Crippen LogP contribution in [0.1, 0.15) is 32.1 Å². The van der Waals surface area contributed by atoms with E-state index in [9.17, 15) is 9.59 Å². The van der Waals surface area contributed by atoms with Crippen molar-refractivity contribution in [2.24, 2.45) is 5.41 Å². The molecule has 2 heterocycles. The van der Waals surface area contributed by atoms with Gasteiger partial charge in [0, 0.05) is 39.3 Å². The number of hydrogen-bond donors (Lipinski definition) is 0. The fourth-order valence-corrected chi connectivity index (χ4v) is 3.36. The van der Waals surface area contributed by atoms with Gasteiger partial charge in [0.25, 0.3) is 0 Å². The molecule has 3 rings (SSSR count). The largest absolute Gasteiger partial charge is 0.342 e. The highest BCUT2D eigenvalue weighted by atomic mass is 16.2. The first kappa shape index (κ1) is 13.9. The molecule has 2 aliphatic heterocycles. The standard InChI is InChI=1S/C15H25N3O2/c1-16-9-11-18(12-10-16)14(20)15(5-6-15)13(19)17-7-3-2-4-8-17/h2-12H2,1H3. The van der Waals surface area contributed by atoms with E-state index in [1.165, 1.54) is 6.42 Å². The maximum absolute atomic E-state index is 12.7. The molecule has 0 atom stereocenters. The molecule has 5 heteroatoms. The molecule has 0 N–H and O–H groups in total. The highest BCUT2D eigenvalue weighted by Crippen LogP contribution is 2.49. The Labute approximate surface area is 120 Å². The summed E-state index contributed by atoms with van der Waals surface area (Å²) in [6, 6.07) is 0. The molecule has 2 saturated heterocycles. The van der Waals surface area contributed by atoms with Crippen molar-refractivity contribution in [3.05, 3.63) is 0 Å². The number of carbonyl (C=O) groups is 2. The molecule has 0 radical (unpaired) electrons. The van der Waals surface area contributed by atoms with Gasteiger partial charge in [-0.05, 0) is 39.2 Å². The summed E-state index contributed by atoms with van der Waals surface area (Å²) >= 11 is 0. The first-order valence-corrected chi connectivity index (χ1v) is 7.91. The SMILES string of the molecule is CN1CCN(C(=O)C2(C(=O)N3CCCCC3)CC2)CC1. The summed E-state index contributed by atoms with van der Waals surface area (Å²) < 4.78 is 0. The summed E-state index contributed by atoms with van der Waals surface area (Å²) in [6.07, 6.45) is 4.90. The second kappa shape index (κ2) is 5.35. The zero-order valence-corrected chi connectivity index (χ0v) is 12.4. The number of rotatable bonds is 2. The Morgan fingerprint density at radius 3 is 1.75 bits per heavy atom. The zero-order chi connectivity index (χ0) is 14.2. The average molecular weight is 279 g/mol. The lowest BCUT2D eigenvalue weighted by molar-refractivity contribution is -0.151. The van der Waals surface area contributed by atoms with E-state index in [2.05, 4.69) is 11.9 Å². The third kappa shape index (κ3) is 2.43. The highest BCUT2D eigenvalue weighted by molar-refractivity contribution is 6.07. The molecule has 3 aliphatic rings. The molecule has 0 spiro atoms. The van der Waals surface area contributed by atoms with Gasteiger partial charge in [0.2, 0.25) is 11.8 Å². The number of hydrogen-bond acceptors (Lipinski definition) is 3. The van der Waals surface area contributed by atoms with Crippen molar-refractivity contribution in [3.63, 3.8) is 0 Å². The number of likely N-dealkylation sites (tertiary alicyclic amines) is 1. The lowest BCUT2D eigenvalue weighted by Crippen LogP contribution is -2.53. The quantitative estimate of drug-likeness (QED) is 0.694. The third-order valence-electron chi connectivity index (χ3n) is 5.00. The van der Waals surface area contributed by atoms with Crippen LogP contribution >= 0.6 is 0 Å². The van der Waals surface area contributed by atoms with Crippen LogP contribution < -0.4 is 0 Å². The minimum atomic E-state index is -0.673. The lowest BCUT2D eigenvalue weighted by atomic mass is 10.0. The van der Waals surface area contributed by atoms with E-state index < -0.39 is 5.41 Å². The Hall–Kier alpha value is -1.10. The summed E-state index contributed by atoms with van der Waals surface area (Å²) in [5, 5.41) is 0. The van der Waals surface area contributed by atoms with Gasteiger partial charge in [-0.1, -0.05) is 0 Å². The minimum Gasteiger partial charge on any atom is -0.342 e. The first-order chi connectivity index (χ1) is 9.63. The van der Waals surface area contributed by atoms with Crippen LogP contribution in [0, 0.1) is 5.41 Å². The molecule has 112 valence electrons. The molecule has 20 heavy (non-hydrogen) atoms. The van der Waals surface area contributed by atoms with Crippen molar-refractivity contribution in [1.29, 1.82) is 0 Å². The van der Waals surface area contributed by atoms with Gasteiger partial charge in [-0.3, -0.25) is 9.59 Å². The molecule has 0 aromatic carbocycles. The van der Waals surface area contributed by atoms with Gasteiger partial charge in [0.15, 0.2) is 0 Å². The predicted molar refractivity (Wildman–Crippen MR) is 76.2 cm³/mol. The van der Waals surface area contributed by atoms with Gasteiger partial charge in [0.1, 0.15) is 5.41 Å². The monoisotopic (exact) mass is 279 g/mol. The smallest absolute Gasteiger partial charge is 0.238 e. The molecule has 0 aromatic heterocycles. The molecule has 5 nitrogen and oxygen atoms in total. The number of carbonyl (C=O) groups excluding carboxylic acids is 2. The van der Waals surface area contributed by atoms with Crippen LogP contribution in [0.4, 0.5) is 0 Å². The summed E-state index contributed by atoms with van der Waals surface area (Å²) in [5.41, 5.74) is -0.673. The number of amides is 2. The summed E-state index contributed by atoms with van der Waals surface area (Å²) in [5.74, 6) is 0.210. The Balaban J connectivity index is 1.65. The summed E-state index contributed by atoms with van der Waals surface area (Å²) in [7, 11) is 2.08. The van der Waals surface area contributed by atoms with Crippen LogP contribution in [0.2, 0.25) is 0 Å². The number of likely N-dealkylation sites (N-methyl/N-ethyl adjacent to an activating group) is 1. The maximum Gasteiger partial charge on any atom is 0.238 e. The molecule has 0 unspecified atom stereocenters. The Morgan fingerprint density at radius 2 is 1.25 bits per heavy atom. The van der Waals surface area contributed by atoms with Crippen molar-refractivity contribution < 1.29 is 9.59 Å². The summed E-state index contributed by atoms with van der Waals surface area (Å²) in [6.45, 7) is 5.06. The third-order valence-corrected chi connectivity index (χ3v) is 5.00. The number of piperidine rings is 1. The number of piperazine rings is 1. The van der Waals surface area contributed by atoms with Crippen molar-refractivity contribution >= 4 is 11.8 Å². The zero-order valence-electron chi connectivity index (χ0n) is 12.4. The first-order valence-electron chi connectivity index (χ1n) is 7.91. The second-order valence-electron chi connectivity index (χ2n) is 6.53. The topological polar surface area (TPSA) is 43.9 Å². The van der Waals surface area contributed by atoms with Crippen molar-refractivity contribution in [2.75, 3.05) is 46.3 Å². The molecule has 1 saturated carbocycles. The van der Waals surface area contributed by atoms with E-state index in [0.29, 0.717) is 0 Å². The Morgan fingerprint density at radius 1 is 0.750 bits per heavy atom. The van der Waals surface area contributed by atoms with Crippen molar-refractivity contribution in [2.45, 2.75) is 32.1 Å². The van der Waals surface area contributed by atoms with Gasteiger partial charge in [0.05, 0.1) is 0 Å².